The standard InChI is InChI=1S/C18H21NO5S/c20-14(7-4-10-25-13-5-2-1-3-6-13)19-11-17(15(21)22)8-9-18(17,12-19)16(23)24/h1-3,5-6H,4,7-12H2,(H,21,22)(H,23,24). The fraction of sp³-hybridized carbons (Fsp3) is 0.500. The van der Waals surface area contributed by atoms with Crippen molar-refractivity contribution in [3.63, 3.8) is 0 Å². The van der Waals surface area contributed by atoms with Gasteiger partial charge in [0.05, 0.1) is 0 Å². The maximum atomic E-state index is 12.4. The second-order valence-corrected chi connectivity index (χ2v) is 7.96. The third-order valence-electron chi connectivity index (χ3n) is 5.53. The molecule has 2 aliphatic rings. The van der Waals surface area contributed by atoms with Crippen molar-refractivity contribution in [3.05, 3.63) is 30.3 Å². The summed E-state index contributed by atoms with van der Waals surface area (Å²) in [5.74, 6) is -1.56. The van der Waals surface area contributed by atoms with Gasteiger partial charge in [-0.15, -0.1) is 11.8 Å². The number of likely N-dealkylation sites (tertiary alicyclic amines) is 1. The first-order chi connectivity index (χ1) is 11.9. The summed E-state index contributed by atoms with van der Waals surface area (Å²) in [4.78, 5) is 38.4. The molecule has 1 saturated carbocycles. The van der Waals surface area contributed by atoms with Crippen molar-refractivity contribution in [1.82, 2.24) is 4.90 Å². The van der Waals surface area contributed by atoms with Crippen LogP contribution in [0.15, 0.2) is 35.2 Å². The molecule has 1 saturated heterocycles. The summed E-state index contributed by atoms with van der Waals surface area (Å²) in [6.07, 6.45) is 1.63. The number of carbonyl (C=O) groups is 3. The molecule has 0 radical (unpaired) electrons. The molecule has 1 aromatic carbocycles. The quantitative estimate of drug-likeness (QED) is 0.570. The van der Waals surface area contributed by atoms with Crippen LogP contribution in [0, 0.1) is 10.8 Å². The van der Waals surface area contributed by atoms with Gasteiger partial charge in [0.25, 0.3) is 0 Å². The Bertz CT molecular complexity index is 664. The Hall–Kier alpha value is -2.02. The number of hydrogen-bond donors (Lipinski definition) is 2. The van der Waals surface area contributed by atoms with Crippen LogP contribution < -0.4 is 0 Å². The smallest absolute Gasteiger partial charge is 0.312 e. The lowest BCUT2D eigenvalue weighted by Gasteiger charge is -2.47. The van der Waals surface area contributed by atoms with Crippen molar-refractivity contribution in [3.8, 4) is 0 Å². The van der Waals surface area contributed by atoms with Gasteiger partial charge in [-0.05, 0) is 37.1 Å². The van der Waals surface area contributed by atoms with Crippen molar-refractivity contribution in [2.45, 2.75) is 30.6 Å². The lowest BCUT2D eigenvalue weighted by atomic mass is 9.51. The molecule has 1 heterocycles. The molecule has 1 aromatic rings. The zero-order valence-electron chi connectivity index (χ0n) is 13.8. The number of fused-ring (bicyclic) bond motifs is 1. The number of nitrogens with zero attached hydrogens (tertiary/aromatic N) is 1. The maximum Gasteiger partial charge on any atom is 0.312 e. The SMILES string of the molecule is O=C(CCCSc1ccccc1)N1CC2(C(=O)O)CCC2(C(=O)O)C1. The van der Waals surface area contributed by atoms with Gasteiger partial charge in [-0.1, -0.05) is 18.2 Å². The van der Waals surface area contributed by atoms with Gasteiger partial charge < -0.3 is 15.1 Å². The molecule has 2 fully saturated rings. The molecule has 7 heteroatoms. The van der Waals surface area contributed by atoms with E-state index in [1.807, 2.05) is 30.3 Å². The summed E-state index contributed by atoms with van der Waals surface area (Å²) in [6, 6.07) is 9.90. The van der Waals surface area contributed by atoms with Crippen LogP contribution in [0.3, 0.4) is 0 Å². The number of hydrogen-bond acceptors (Lipinski definition) is 4. The van der Waals surface area contributed by atoms with Crippen LogP contribution in [0.25, 0.3) is 0 Å². The third-order valence-corrected chi connectivity index (χ3v) is 6.63. The van der Waals surface area contributed by atoms with Crippen LogP contribution in [0.1, 0.15) is 25.7 Å². The number of aliphatic carboxylic acids is 2. The molecular weight excluding hydrogens is 342 g/mol. The van der Waals surface area contributed by atoms with Crippen LogP contribution in [0.4, 0.5) is 0 Å². The predicted molar refractivity (Wildman–Crippen MR) is 92.4 cm³/mol. The van der Waals surface area contributed by atoms with Gasteiger partial charge in [-0.3, -0.25) is 14.4 Å². The van der Waals surface area contributed by atoms with Gasteiger partial charge in [0.15, 0.2) is 0 Å². The monoisotopic (exact) mass is 363 g/mol. The first-order valence-corrected chi connectivity index (χ1v) is 9.32. The second kappa shape index (κ2) is 6.71. The van der Waals surface area contributed by atoms with E-state index in [2.05, 4.69) is 0 Å². The zero-order chi connectivity index (χ0) is 18.1. The molecule has 0 bridgehead atoms. The lowest BCUT2D eigenvalue weighted by Crippen LogP contribution is -2.59. The second-order valence-electron chi connectivity index (χ2n) is 6.79. The van der Waals surface area contributed by atoms with Crippen molar-refractivity contribution >= 4 is 29.6 Å². The first-order valence-electron chi connectivity index (χ1n) is 8.34. The Kier molecular flexibility index (Phi) is 4.77. The van der Waals surface area contributed by atoms with E-state index in [1.54, 1.807) is 11.8 Å². The fourth-order valence-corrected chi connectivity index (χ4v) is 4.79. The Morgan fingerprint density at radius 2 is 1.56 bits per heavy atom. The van der Waals surface area contributed by atoms with Crippen LogP contribution in [-0.2, 0) is 14.4 Å². The highest BCUT2D eigenvalue weighted by Gasteiger charge is 2.73. The normalized spacial score (nSPS) is 27.4. The lowest BCUT2D eigenvalue weighted by molar-refractivity contribution is -0.183. The van der Waals surface area contributed by atoms with Crippen molar-refractivity contribution in [2.24, 2.45) is 10.8 Å². The highest BCUT2D eigenvalue weighted by atomic mass is 32.2. The summed E-state index contributed by atoms with van der Waals surface area (Å²) in [5.41, 5.74) is -2.62. The number of carboxylic acid groups (broad SMARTS) is 2. The Balaban J connectivity index is 1.55. The molecule has 1 aliphatic carbocycles. The van der Waals surface area contributed by atoms with E-state index in [0.717, 1.165) is 10.6 Å². The van der Waals surface area contributed by atoms with Gasteiger partial charge in [0.1, 0.15) is 10.8 Å². The summed E-state index contributed by atoms with van der Waals surface area (Å²) in [7, 11) is 0. The van der Waals surface area contributed by atoms with E-state index in [-0.39, 0.29) is 19.0 Å². The largest absolute Gasteiger partial charge is 0.481 e. The van der Waals surface area contributed by atoms with Crippen molar-refractivity contribution in [1.29, 1.82) is 0 Å². The predicted octanol–water partition coefficient (Wildman–Crippen LogP) is 2.34. The fourth-order valence-electron chi connectivity index (χ4n) is 3.92. The minimum atomic E-state index is -1.31. The van der Waals surface area contributed by atoms with E-state index >= 15 is 0 Å². The maximum absolute atomic E-state index is 12.4. The summed E-state index contributed by atoms with van der Waals surface area (Å²) < 4.78 is 0. The average molecular weight is 363 g/mol. The third kappa shape index (κ3) is 2.90. The highest BCUT2D eigenvalue weighted by molar-refractivity contribution is 7.99. The Morgan fingerprint density at radius 1 is 1.00 bits per heavy atom. The van der Waals surface area contributed by atoms with Crippen LogP contribution >= 0.6 is 11.8 Å². The van der Waals surface area contributed by atoms with E-state index in [0.29, 0.717) is 25.7 Å². The average Bonchev–Trinajstić information content (AvgIpc) is 2.82. The Morgan fingerprint density at radius 3 is 2.04 bits per heavy atom. The topological polar surface area (TPSA) is 94.9 Å². The van der Waals surface area contributed by atoms with Gasteiger partial charge >= 0.3 is 11.9 Å². The molecule has 1 amide bonds. The molecule has 134 valence electrons. The van der Waals surface area contributed by atoms with Gasteiger partial charge in [-0.25, -0.2) is 0 Å². The number of amides is 1. The summed E-state index contributed by atoms with van der Waals surface area (Å²) >= 11 is 1.67. The first kappa shape index (κ1) is 17.8. The zero-order valence-corrected chi connectivity index (χ0v) is 14.6. The van der Waals surface area contributed by atoms with E-state index in [4.69, 9.17) is 0 Å². The molecule has 0 aromatic heterocycles. The molecule has 3 rings (SSSR count). The Labute approximate surface area is 150 Å². The molecule has 6 nitrogen and oxygen atoms in total. The summed E-state index contributed by atoms with van der Waals surface area (Å²) in [5, 5.41) is 19.1. The van der Waals surface area contributed by atoms with Crippen LogP contribution in [0.5, 0.6) is 0 Å². The molecule has 2 N–H and O–H groups in total. The number of thioether (sulfide) groups is 1. The molecule has 2 atom stereocenters. The van der Waals surface area contributed by atoms with Gasteiger partial charge in [-0.2, -0.15) is 0 Å². The molecular formula is C18H21NO5S. The van der Waals surface area contributed by atoms with E-state index in [1.165, 1.54) is 4.90 Å². The molecule has 1 aliphatic heterocycles. The molecule has 2 unspecified atom stereocenters. The minimum absolute atomic E-state index is 0.0132. The minimum Gasteiger partial charge on any atom is -0.481 e. The number of benzene rings is 1. The van der Waals surface area contributed by atoms with Crippen LogP contribution in [-0.4, -0.2) is 51.8 Å². The number of rotatable bonds is 7. The highest BCUT2D eigenvalue weighted by Crippen LogP contribution is 2.61. The summed E-state index contributed by atoms with van der Waals surface area (Å²) in [6.45, 7) is 0.0264. The van der Waals surface area contributed by atoms with Gasteiger partial charge in [0, 0.05) is 24.4 Å². The molecule has 0 spiro atoms. The van der Waals surface area contributed by atoms with Gasteiger partial charge in [0.2, 0.25) is 5.91 Å². The molecule has 25 heavy (non-hydrogen) atoms. The number of carboxylic acids is 2. The van der Waals surface area contributed by atoms with E-state index < -0.39 is 22.8 Å². The number of carbonyl (C=O) groups excluding carboxylic acids is 1. The van der Waals surface area contributed by atoms with Crippen LogP contribution in [0.2, 0.25) is 0 Å². The van der Waals surface area contributed by atoms with Crippen molar-refractivity contribution < 1.29 is 24.6 Å². The van der Waals surface area contributed by atoms with E-state index in [9.17, 15) is 24.6 Å². The van der Waals surface area contributed by atoms with Crippen molar-refractivity contribution in [2.75, 3.05) is 18.8 Å².